The van der Waals surface area contributed by atoms with Crippen molar-refractivity contribution in [2.24, 2.45) is 0 Å². The fourth-order valence-electron chi connectivity index (χ4n) is 4.62. The number of benzene rings is 3. The first-order valence-corrected chi connectivity index (χ1v) is 13.0. The second-order valence-corrected chi connectivity index (χ2v) is 10.5. The lowest BCUT2D eigenvalue weighted by atomic mass is 9.99. The van der Waals surface area contributed by atoms with Gasteiger partial charge in [0.2, 0.25) is 0 Å². The summed E-state index contributed by atoms with van der Waals surface area (Å²) in [6.07, 6.45) is 1.79. The topological polar surface area (TPSA) is 107 Å². The number of imide groups is 3. The van der Waals surface area contributed by atoms with Crippen molar-refractivity contribution in [1.29, 1.82) is 0 Å². The van der Waals surface area contributed by atoms with Crippen LogP contribution in [0.5, 0.6) is 17.2 Å². The quantitative estimate of drug-likeness (QED) is 0.299. The Morgan fingerprint density at radius 1 is 0.902 bits per heavy atom. The lowest BCUT2D eigenvalue weighted by molar-refractivity contribution is -0.135. The zero-order valence-electron chi connectivity index (χ0n) is 22.6. The van der Waals surface area contributed by atoms with Crippen molar-refractivity contribution in [3.8, 4) is 17.2 Å². The second kappa shape index (κ2) is 10.0. The molecule has 0 bridgehead atoms. The number of aromatic amines is 1. The van der Waals surface area contributed by atoms with Crippen LogP contribution in [0.1, 0.15) is 31.9 Å². The molecule has 3 amide bonds. The number of ether oxygens (including phenoxy) is 4. The van der Waals surface area contributed by atoms with E-state index < -0.39 is 23.5 Å². The van der Waals surface area contributed by atoms with Crippen molar-refractivity contribution in [3.05, 3.63) is 108 Å². The smallest absolute Gasteiger partial charge is 0.424 e. The molecule has 0 fully saturated rings. The van der Waals surface area contributed by atoms with Crippen LogP contribution in [0, 0.1) is 0 Å². The minimum Gasteiger partial charge on any atom is -0.489 e. The lowest BCUT2D eigenvalue weighted by Gasteiger charge is -2.23. The van der Waals surface area contributed by atoms with Crippen LogP contribution in [0.2, 0.25) is 0 Å². The van der Waals surface area contributed by atoms with E-state index in [1.54, 1.807) is 57.3 Å². The number of hydrogen-bond donors (Lipinski definition) is 1. The van der Waals surface area contributed by atoms with E-state index >= 15 is 0 Å². The SMILES string of the molecule is CC(C)(C)OC(=O)N1C(=O)C(C2=COc3ccccc3O2)=C(c2c[nH]c3ccc(OCc4ccccc4)cc23)C1=O. The molecule has 2 aliphatic rings. The number of carbonyl (C=O) groups excluding carboxylic acids is 3. The molecule has 0 saturated heterocycles. The van der Waals surface area contributed by atoms with Gasteiger partial charge >= 0.3 is 6.09 Å². The minimum absolute atomic E-state index is 0.00561. The van der Waals surface area contributed by atoms with Gasteiger partial charge in [0, 0.05) is 22.7 Å². The highest BCUT2D eigenvalue weighted by Crippen LogP contribution is 2.41. The van der Waals surface area contributed by atoms with Crippen LogP contribution in [-0.4, -0.2) is 33.4 Å². The van der Waals surface area contributed by atoms with Gasteiger partial charge in [-0.15, -0.1) is 0 Å². The molecular formula is C32H26N2O7. The third-order valence-corrected chi connectivity index (χ3v) is 6.44. The molecule has 0 radical (unpaired) electrons. The number of nitrogens with one attached hydrogen (secondary N) is 1. The van der Waals surface area contributed by atoms with Crippen LogP contribution >= 0.6 is 0 Å². The molecule has 6 rings (SSSR count). The Balaban J connectivity index is 1.43. The van der Waals surface area contributed by atoms with Crippen LogP contribution in [-0.2, 0) is 20.9 Å². The van der Waals surface area contributed by atoms with E-state index in [-0.39, 0.29) is 16.9 Å². The Morgan fingerprint density at radius 2 is 1.61 bits per heavy atom. The molecule has 4 aromatic rings. The normalized spacial score (nSPS) is 14.9. The van der Waals surface area contributed by atoms with E-state index in [0.29, 0.717) is 45.2 Å². The van der Waals surface area contributed by atoms with Crippen molar-refractivity contribution in [1.82, 2.24) is 9.88 Å². The van der Waals surface area contributed by atoms with Crippen LogP contribution in [0.3, 0.4) is 0 Å². The Labute approximate surface area is 235 Å². The van der Waals surface area contributed by atoms with Crippen LogP contribution < -0.4 is 14.2 Å². The number of carbonyl (C=O) groups is 3. The maximum atomic E-state index is 13.9. The summed E-state index contributed by atoms with van der Waals surface area (Å²) in [6, 6.07) is 22.1. The molecule has 9 nitrogen and oxygen atoms in total. The molecule has 0 saturated carbocycles. The summed E-state index contributed by atoms with van der Waals surface area (Å²) < 4.78 is 23.1. The Bertz CT molecular complexity index is 1760. The van der Waals surface area contributed by atoms with Gasteiger partial charge in [-0.05, 0) is 56.7 Å². The van der Waals surface area contributed by atoms with E-state index in [9.17, 15) is 14.4 Å². The highest BCUT2D eigenvalue weighted by Gasteiger charge is 2.47. The zero-order chi connectivity index (χ0) is 28.7. The van der Waals surface area contributed by atoms with Gasteiger partial charge in [0.05, 0.1) is 11.1 Å². The van der Waals surface area contributed by atoms with Gasteiger partial charge in [-0.3, -0.25) is 9.59 Å². The molecule has 0 unspecified atom stereocenters. The Hall–Kier alpha value is -5.31. The zero-order valence-corrected chi connectivity index (χ0v) is 22.6. The fourth-order valence-corrected chi connectivity index (χ4v) is 4.62. The molecular weight excluding hydrogens is 524 g/mol. The van der Waals surface area contributed by atoms with E-state index in [1.807, 2.05) is 42.5 Å². The average molecular weight is 551 g/mol. The maximum absolute atomic E-state index is 13.9. The van der Waals surface area contributed by atoms with Gasteiger partial charge < -0.3 is 23.9 Å². The molecule has 3 heterocycles. The predicted molar refractivity (Wildman–Crippen MR) is 150 cm³/mol. The van der Waals surface area contributed by atoms with Gasteiger partial charge in [0.15, 0.2) is 17.3 Å². The van der Waals surface area contributed by atoms with Crippen LogP contribution in [0.4, 0.5) is 4.79 Å². The van der Waals surface area contributed by atoms with Crippen molar-refractivity contribution in [2.75, 3.05) is 0 Å². The molecule has 2 aliphatic heterocycles. The Kier molecular flexibility index (Phi) is 6.34. The summed E-state index contributed by atoms with van der Waals surface area (Å²) in [6.45, 7) is 5.30. The van der Waals surface area contributed by atoms with Gasteiger partial charge in [0.25, 0.3) is 11.8 Å². The van der Waals surface area contributed by atoms with Crippen LogP contribution in [0.25, 0.3) is 16.5 Å². The molecule has 1 aromatic heterocycles. The number of para-hydroxylation sites is 2. The monoisotopic (exact) mass is 550 g/mol. The molecule has 0 atom stereocenters. The number of rotatable bonds is 5. The third-order valence-electron chi connectivity index (χ3n) is 6.44. The summed E-state index contributed by atoms with van der Waals surface area (Å²) >= 11 is 0. The third kappa shape index (κ3) is 4.93. The summed E-state index contributed by atoms with van der Waals surface area (Å²) in [7, 11) is 0. The van der Waals surface area contributed by atoms with Gasteiger partial charge in [-0.2, -0.15) is 4.90 Å². The minimum atomic E-state index is -1.08. The predicted octanol–water partition coefficient (Wildman–Crippen LogP) is 6.12. The van der Waals surface area contributed by atoms with Gasteiger partial charge in [-0.25, -0.2) is 4.79 Å². The number of amides is 3. The van der Waals surface area contributed by atoms with E-state index in [0.717, 1.165) is 5.56 Å². The number of fused-ring (bicyclic) bond motifs is 2. The standard InChI is InChI=1S/C32H26N2O7/c1-32(2,3)41-31(37)34-29(35)27(28(30(34)36)26-18-39-24-11-7-8-12-25(24)40-26)22-16-33-23-14-13-20(15-21(22)23)38-17-19-9-5-4-6-10-19/h4-16,18,33H,17H2,1-3H3. The molecule has 0 spiro atoms. The molecule has 41 heavy (non-hydrogen) atoms. The Morgan fingerprint density at radius 3 is 2.37 bits per heavy atom. The van der Waals surface area contributed by atoms with E-state index in [2.05, 4.69) is 4.98 Å². The number of aromatic nitrogens is 1. The first-order valence-electron chi connectivity index (χ1n) is 13.0. The van der Waals surface area contributed by atoms with Crippen molar-refractivity contribution >= 4 is 34.4 Å². The first kappa shape index (κ1) is 25.9. The highest BCUT2D eigenvalue weighted by atomic mass is 16.6. The highest BCUT2D eigenvalue weighted by molar-refractivity contribution is 6.42. The number of nitrogens with zero attached hydrogens (tertiary/aromatic N) is 1. The summed E-state index contributed by atoms with van der Waals surface area (Å²) in [5, 5.41) is 0.618. The van der Waals surface area contributed by atoms with Gasteiger partial charge in [0.1, 0.15) is 24.2 Å². The summed E-state index contributed by atoms with van der Waals surface area (Å²) in [5.41, 5.74) is 1.02. The van der Waals surface area contributed by atoms with Crippen molar-refractivity contribution in [3.63, 3.8) is 0 Å². The fraction of sp³-hybridized carbons (Fsp3) is 0.156. The first-order chi connectivity index (χ1) is 19.7. The molecule has 9 heteroatoms. The van der Waals surface area contributed by atoms with E-state index in [1.165, 1.54) is 6.26 Å². The molecule has 0 aliphatic carbocycles. The average Bonchev–Trinajstić information content (AvgIpc) is 3.48. The molecule has 3 aromatic carbocycles. The van der Waals surface area contributed by atoms with Crippen molar-refractivity contribution in [2.45, 2.75) is 33.0 Å². The molecule has 1 N–H and O–H groups in total. The van der Waals surface area contributed by atoms with Crippen LogP contribution in [0.15, 0.2) is 96.6 Å². The van der Waals surface area contributed by atoms with Crippen molar-refractivity contribution < 1.29 is 33.3 Å². The van der Waals surface area contributed by atoms with Gasteiger partial charge in [-0.1, -0.05) is 42.5 Å². The largest absolute Gasteiger partial charge is 0.489 e. The second-order valence-electron chi connectivity index (χ2n) is 10.5. The summed E-state index contributed by atoms with van der Waals surface area (Å²) in [5.74, 6) is -0.335. The number of hydrogen-bond acceptors (Lipinski definition) is 7. The summed E-state index contributed by atoms with van der Waals surface area (Å²) in [4.78, 5) is 44.3. The number of H-pyrrole nitrogens is 1. The molecule has 206 valence electrons. The lowest BCUT2D eigenvalue weighted by Crippen LogP contribution is -2.41. The maximum Gasteiger partial charge on any atom is 0.424 e. The van der Waals surface area contributed by atoms with E-state index in [4.69, 9.17) is 18.9 Å².